The van der Waals surface area contributed by atoms with Crippen LogP contribution in [-0.2, 0) is 6.18 Å². The molecular formula is C20H21F3N4O2. The topological polar surface area (TPSA) is 78.1 Å². The van der Waals surface area contributed by atoms with E-state index in [-0.39, 0.29) is 11.6 Å². The van der Waals surface area contributed by atoms with E-state index in [1.54, 1.807) is 0 Å². The number of halogens is 3. The summed E-state index contributed by atoms with van der Waals surface area (Å²) in [5.74, 6) is 0.0294. The van der Waals surface area contributed by atoms with Crippen LogP contribution in [0.1, 0.15) is 53.3 Å². The zero-order valence-corrected chi connectivity index (χ0v) is 15.6. The number of carbonyl (C=O) groups is 1. The highest BCUT2D eigenvalue weighted by atomic mass is 19.4. The van der Waals surface area contributed by atoms with E-state index in [1.165, 1.54) is 12.1 Å². The summed E-state index contributed by atoms with van der Waals surface area (Å²) in [6.07, 6.45) is -0.644. The molecule has 154 valence electrons. The first-order chi connectivity index (χ1) is 13.8. The molecule has 29 heavy (non-hydrogen) atoms. The normalized spacial score (nSPS) is 18.0. The lowest BCUT2D eigenvalue weighted by atomic mass is 10.0. The van der Waals surface area contributed by atoms with Gasteiger partial charge in [0, 0.05) is 19.2 Å². The van der Waals surface area contributed by atoms with Crippen LogP contribution >= 0.6 is 0 Å². The molecule has 2 aromatic rings. The maximum absolute atomic E-state index is 12.8. The average molecular weight is 406 g/mol. The number of amides is 1. The Morgan fingerprint density at radius 3 is 2.41 bits per heavy atom. The Morgan fingerprint density at radius 2 is 1.83 bits per heavy atom. The highest BCUT2D eigenvalue weighted by molar-refractivity contribution is 5.92. The largest absolute Gasteiger partial charge is 0.416 e. The minimum absolute atomic E-state index is 0.00760. The summed E-state index contributed by atoms with van der Waals surface area (Å²) in [5, 5.41) is 2.86. The van der Waals surface area contributed by atoms with Crippen LogP contribution in [0.15, 0.2) is 35.1 Å². The highest BCUT2D eigenvalue weighted by Crippen LogP contribution is 2.41. The van der Waals surface area contributed by atoms with E-state index in [9.17, 15) is 22.8 Å². The highest BCUT2D eigenvalue weighted by Gasteiger charge is 2.35. The number of benzene rings is 1. The first-order valence-corrected chi connectivity index (χ1v) is 9.65. The van der Waals surface area contributed by atoms with Crippen LogP contribution in [0.3, 0.4) is 0 Å². The molecule has 0 spiro atoms. The Bertz CT molecular complexity index is 945. The van der Waals surface area contributed by atoms with Gasteiger partial charge in [-0.05, 0) is 49.3 Å². The van der Waals surface area contributed by atoms with Crippen molar-refractivity contribution in [3.8, 4) is 0 Å². The predicted molar refractivity (Wildman–Crippen MR) is 101 cm³/mol. The Labute approximate surface area is 165 Å². The molecule has 2 fully saturated rings. The lowest BCUT2D eigenvalue weighted by molar-refractivity contribution is -0.137. The molecule has 1 saturated carbocycles. The summed E-state index contributed by atoms with van der Waals surface area (Å²) in [7, 11) is 0. The fourth-order valence-corrected chi connectivity index (χ4v) is 3.64. The van der Waals surface area contributed by atoms with Crippen molar-refractivity contribution in [2.75, 3.05) is 18.0 Å². The Morgan fingerprint density at radius 1 is 1.17 bits per heavy atom. The van der Waals surface area contributed by atoms with Crippen molar-refractivity contribution in [3.63, 3.8) is 0 Å². The molecule has 1 aromatic carbocycles. The van der Waals surface area contributed by atoms with Gasteiger partial charge in [0.25, 0.3) is 11.5 Å². The van der Waals surface area contributed by atoms with Crippen LogP contribution in [0, 0.1) is 5.92 Å². The third kappa shape index (κ3) is 4.44. The van der Waals surface area contributed by atoms with Gasteiger partial charge >= 0.3 is 6.18 Å². The quantitative estimate of drug-likeness (QED) is 0.799. The summed E-state index contributed by atoms with van der Waals surface area (Å²) < 4.78 is 38.4. The van der Waals surface area contributed by atoms with Gasteiger partial charge in [0.2, 0.25) is 5.95 Å². The number of carbonyl (C=O) groups excluding carboxylic acids is 1. The van der Waals surface area contributed by atoms with E-state index in [0.29, 0.717) is 11.5 Å². The molecule has 0 unspecified atom stereocenters. The first-order valence-electron chi connectivity index (χ1n) is 9.65. The first kappa shape index (κ1) is 19.5. The van der Waals surface area contributed by atoms with E-state index in [1.807, 2.05) is 4.90 Å². The summed E-state index contributed by atoms with van der Waals surface area (Å²) in [6, 6.07) is 5.56. The van der Waals surface area contributed by atoms with Crippen molar-refractivity contribution >= 4 is 11.9 Å². The summed E-state index contributed by atoms with van der Waals surface area (Å²) in [4.78, 5) is 33.7. The SMILES string of the molecule is O=C(N[C@@H](c1ccc(C(F)(F)F)cc1)C1CC1)c1cc(=O)[nH]c(N2CCCC2)n1. The smallest absolute Gasteiger partial charge is 0.344 e. The second kappa shape index (κ2) is 7.53. The lowest BCUT2D eigenvalue weighted by Crippen LogP contribution is -2.33. The molecule has 4 rings (SSSR count). The third-order valence-electron chi connectivity index (χ3n) is 5.34. The number of H-pyrrole nitrogens is 1. The number of hydrogen-bond acceptors (Lipinski definition) is 4. The molecule has 2 N–H and O–H groups in total. The Kier molecular flexibility index (Phi) is 5.06. The maximum Gasteiger partial charge on any atom is 0.416 e. The zero-order chi connectivity index (χ0) is 20.6. The molecule has 2 heterocycles. The van der Waals surface area contributed by atoms with Crippen molar-refractivity contribution < 1.29 is 18.0 Å². The van der Waals surface area contributed by atoms with Gasteiger partial charge in [-0.2, -0.15) is 13.2 Å². The second-order valence-corrected chi connectivity index (χ2v) is 7.56. The average Bonchev–Trinajstić information content (AvgIpc) is 3.37. The van der Waals surface area contributed by atoms with Crippen molar-refractivity contribution in [2.24, 2.45) is 5.92 Å². The number of aromatic amines is 1. The molecule has 0 radical (unpaired) electrons. The van der Waals surface area contributed by atoms with Crippen LogP contribution in [0.4, 0.5) is 19.1 Å². The van der Waals surface area contributed by atoms with Gasteiger partial charge < -0.3 is 10.2 Å². The maximum atomic E-state index is 12.8. The molecule has 1 saturated heterocycles. The lowest BCUT2D eigenvalue weighted by Gasteiger charge is -2.20. The monoisotopic (exact) mass is 406 g/mol. The van der Waals surface area contributed by atoms with Crippen LogP contribution in [-0.4, -0.2) is 29.0 Å². The summed E-state index contributed by atoms with van der Waals surface area (Å²) in [5.41, 5.74) is -0.523. The molecular weight excluding hydrogens is 385 g/mol. The number of nitrogens with one attached hydrogen (secondary N) is 2. The van der Waals surface area contributed by atoms with Gasteiger partial charge in [-0.25, -0.2) is 4.98 Å². The minimum atomic E-state index is -4.40. The van der Waals surface area contributed by atoms with Gasteiger partial charge in [0.05, 0.1) is 11.6 Å². The molecule has 1 aliphatic heterocycles. The summed E-state index contributed by atoms with van der Waals surface area (Å²) in [6.45, 7) is 1.54. The molecule has 1 aliphatic carbocycles. The third-order valence-corrected chi connectivity index (χ3v) is 5.34. The standard InChI is InChI=1S/C20H21F3N4O2/c21-20(22,23)14-7-5-13(6-8-14)17(12-3-4-12)26-18(29)15-11-16(28)25-19(24-15)27-9-1-2-10-27/h5-8,11-12,17H,1-4,9-10H2,(H,26,29)(H,24,25,28)/t17-/m1/s1. The van der Waals surface area contributed by atoms with Gasteiger partial charge in [-0.3, -0.25) is 14.6 Å². The van der Waals surface area contributed by atoms with Crippen molar-refractivity contribution in [2.45, 2.75) is 37.9 Å². The molecule has 1 aromatic heterocycles. The van der Waals surface area contributed by atoms with Crippen molar-refractivity contribution in [1.82, 2.24) is 15.3 Å². The van der Waals surface area contributed by atoms with Crippen molar-refractivity contribution in [3.05, 3.63) is 57.5 Å². The van der Waals surface area contributed by atoms with Crippen LogP contribution in [0.2, 0.25) is 0 Å². The number of rotatable bonds is 5. The van der Waals surface area contributed by atoms with Gasteiger partial charge in [-0.15, -0.1) is 0 Å². The second-order valence-electron chi connectivity index (χ2n) is 7.56. The minimum Gasteiger partial charge on any atom is -0.344 e. The number of alkyl halides is 3. The fraction of sp³-hybridized carbons (Fsp3) is 0.450. The molecule has 0 bridgehead atoms. The number of nitrogens with zero attached hydrogens (tertiary/aromatic N) is 2. The van der Waals surface area contributed by atoms with Gasteiger partial charge in [0.15, 0.2) is 0 Å². The van der Waals surface area contributed by atoms with E-state index in [2.05, 4.69) is 15.3 Å². The van der Waals surface area contributed by atoms with Crippen LogP contribution in [0.5, 0.6) is 0 Å². The number of anilines is 1. The van der Waals surface area contributed by atoms with E-state index in [0.717, 1.165) is 57.0 Å². The van der Waals surface area contributed by atoms with Gasteiger partial charge in [-0.1, -0.05) is 12.1 Å². The van der Waals surface area contributed by atoms with Gasteiger partial charge in [0.1, 0.15) is 5.69 Å². The molecule has 2 aliphatic rings. The summed E-state index contributed by atoms with van der Waals surface area (Å²) >= 11 is 0. The van der Waals surface area contributed by atoms with E-state index >= 15 is 0 Å². The predicted octanol–water partition coefficient (Wildman–Crippen LogP) is 3.27. The number of aromatic nitrogens is 2. The zero-order valence-electron chi connectivity index (χ0n) is 15.6. The van der Waals surface area contributed by atoms with Crippen LogP contribution < -0.4 is 15.8 Å². The fourth-order valence-electron chi connectivity index (χ4n) is 3.64. The Balaban J connectivity index is 1.55. The van der Waals surface area contributed by atoms with E-state index < -0.39 is 29.2 Å². The molecule has 9 heteroatoms. The molecule has 6 nitrogen and oxygen atoms in total. The molecule has 1 atom stereocenters. The van der Waals surface area contributed by atoms with Crippen molar-refractivity contribution in [1.29, 1.82) is 0 Å². The molecule has 1 amide bonds. The van der Waals surface area contributed by atoms with E-state index in [4.69, 9.17) is 0 Å². The van der Waals surface area contributed by atoms with Crippen LogP contribution in [0.25, 0.3) is 0 Å². The number of hydrogen-bond donors (Lipinski definition) is 2. The Hall–Kier alpha value is -2.84.